The molecule has 1 aromatic carbocycles. The Morgan fingerprint density at radius 3 is 1.81 bits per heavy atom. The minimum absolute atomic E-state index is 0.0303. The summed E-state index contributed by atoms with van der Waals surface area (Å²) < 4.78 is 5.16. The highest BCUT2D eigenvalue weighted by atomic mass is 16.6. The predicted molar refractivity (Wildman–Crippen MR) is 75.2 cm³/mol. The summed E-state index contributed by atoms with van der Waals surface area (Å²) in [6.45, 7) is 5.14. The van der Waals surface area contributed by atoms with Gasteiger partial charge in [0.2, 0.25) is 0 Å². The second kappa shape index (κ2) is 6.37. The van der Waals surface area contributed by atoms with Gasteiger partial charge in [-0.3, -0.25) is 0 Å². The maximum absolute atomic E-state index is 11.9. The largest absolute Gasteiger partial charge is 0.456 e. The number of rotatable bonds is 1. The molecule has 1 rings (SSSR count). The molecule has 0 amide bonds. The fourth-order valence-corrected chi connectivity index (χ4v) is 1.51. The Labute approximate surface area is 122 Å². The molecular formula is C16H13N3O2. The third-order valence-electron chi connectivity index (χ3n) is 2.40. The standard InChI is InChI=1S/C16H13N3O2/c1-16(2,3)21-15(20)14(10-19)12-6-4-11(5-7-12)13(8-17)9-18/h4-7H,1-3H3. The van der Waals surface area contributed by atoms with Gasteiger partial charge in [0.1, 0.15) is 35.0 Å². The number of carbonyl (C=O) groups is 1. The zero-order valence-corrected chi connectivity index (χ0v) is 12.0. The van der Waals surface area contributed by atoms with Crippen LogP contribution in [0.4, 0.5) is 0 Å². The lowest BCUT2D eigenvalue weighted by Gasteiger charge is -2.18. The van der Waals surface area contributed by atoms with E-state index in [0.717, 1.165) is 0 Å². The second-order valence-corrected chi connectivity index (χ2v) is 5.16. The first-order chi connectivity index (χ1) is 9.82. The minimum atomic E-state index is -0.706. The summed E-state index contributed by atoms with van der Waals surface area (Å²) in [5.74, 6) is -0.706. The number of carbonyl (C=O) groups excluding carboxylic acids is 1. The Morgan fingerprint density at radius 1 is 0.952 bits per heavy atom. The Balaban J connectivity index is 3.40. The van der Waals surface area contributed by atoms with E-state index in [9.17, 15) is 4.79 Å². The van der Waals surface area contributed by atoms with E-state index in [4.69, 9.17) is 20.5 Å². The highest BCUT2D eigenvalue weighted by Gasteiger charge is 2.20. The molecule has 1 aromatic rings. The first-order valence-electron chi connectivity index (χ1n) is 6.10. The quantitative estimate of drug-likeness (QED) is 0.711. The van der Waals surface area contributed by atoms with Crippen molar-refractivity contribution in [3.63, 3.8) is 0 Å². The van der Waals surface area contributed by atoms with Crippen LogP contribution in [0.25, 0.3) is 11.1 Å². The smallest absolute Gasteiger partial charge is 0.350 e. The Morgan fingerprint density at radius 2 is 1.43 bits per heavy atom. The number of nitrogens with zero attached hydrogens (tertiary/aromatic N) is 3. The molecule has 0 aliphatic rings. The van der Waals surface area contributed by atoms with Crippen LogP contribution in [0.5, 0.6) is 0 Å². The average Bonchev–Trinajstić information content (AvgIpc) is 2.40. The van der Waals surface area contributed by atoms with E-state index in [1.807, 2.05) is 6.07 Å². The second-order valence-electron chi connectivity index (χ2n) is 5.16. The fourth-order valence-electron chi connectivity index (χ4n) is 1.51. The molecule has 0 spiro atoms. The van der Waals surface area contributed by atoms with Crippen molar-refractivity contribution in [2.45, 2.75) is 26.4 Å². The zero-order valence-electron chi connectivity index (χ0n) is 12.0. The van der Waals surface area contributed by atoms with E-state index < -0.39 is 11.6 Å². The van der Waals surface area contributed by atoms with Gasteiger partial charge >= 0.3 is 5.97 Å². The lowest BCUT2D eigenvalue weighted by molar-refractivity contribution is -0.147. The Hall–Kier alpha value is -3.10. The summed E-state index contributed by atoms with van der Waals surface area (Å²) in [6.07, 6.45) is 0. The zero-order chi connectivity index (χ0) is 16.0. The molecule has 0 saturated carbocycles. The first kappa shape index (κ1) is 16.0. The maximum atomic E-state index is 11.9. The lowest BCUT2D eigenvalue weighted by Crippen LogP contribution is -2.26. The summed E-state index contributed by atoms with van der Waals surface area (Å²) in [7, 11) is 0. The van der Waals surface area contributed by atoms with Gasteiger partial charge in [-0.2, -0.15) is 15.8 Å². The molecule has 0 unspecified atom stereocenters. The topological polar surface area (TPSA) is 97.7 Å². The molecule has 0 radical (unpaired) electrons. The Kier molecular flexibility index (Phi) is 4.84. The minimum Gasteiger partial charge on any atom is -0.456 e. The molecule has 0 N–H and O–H groups in total. The number of benzene rings is 1. The number of esters is 1. The van der Waals surface area contributed by atoms with E-state index in [1.165, 1.54) is 24.3 Å². The molecule has 0 atom stereocenters. The molecule has 5 heteroatoms. The van der Waals surface area contributed by atoms with Crippen LogP contribution in [0, 0.1) is 34.0 Å². The van der Waals surface area contributed by atoms with Crippen molar-refractivity contribution in [2.24, 2.45) is 0 Å². The van der Waals surface area contributed by atoms with Crippen LogP contribution < -0.4 is 10.4 Å². The molecule has 5 nitrogen and oxygen atoms in total. The molecular weight excluding hydrogens is 266 g/mol. The van der Waals surface area contributed by atoms with E-state index in [0.29, 0.717) is 10.4 Å². The molecule has 104 valence electrons. The lowest BCUT2D eigenvalue weighted by atomic mass is 10.1. The van der Waals surface area contributed by atoms with Crippen molar-refractivity contribution < 1.29 is 9.53 Å². The van der Waals surface area contributed by atoms with E-state index in [2.05, 4.69) is 0 Å². The van der Waals surface area contributed by atoms with Gasteiger partial charge in [-0.25, -0.2) is 4.79 Å². The van der Waals surface area contributed by atoms with Crippen LogP contribution in [-0.4, -0.2) is 11.6 Å². The number of hydrogen-bond acceptors (Lipinski definition) is 5. The van der Waals surface area contributed by atoms with E-state index >= 15 is 0 Å². The molecule has 21 heavy (non-hydrogen) atoms. The summed E-state index contributed by atoms with van der Waals surface area (Å²) in [5.41, 5.74) is -0.842. The molecule has 0 aliphatic heterocycles. The SMILES string of the molecule is CC(C)(C)OC(=O)C(C#N)=c1ccc(=C(C#N)C#N)cc1. The highest BCUT2D eigenvalue weighted by Crippen LogP contribution is 2.10. The van der Waals surface area contributed by atoms with Crippen LogP contribution in [0.15, 0.2) is 24.3 Å². The van der Waals surface area contributed by atoms with E-state index in [1.54, 1.807) is 32.9 Å². The van der Waals surface area contributed by atoms with Crippen molar-refractivity contribution >= 4 is 17.1 Å². The Bertz CT molecular complexity index is 770. The van der Waals surface area contributed by atoms with Crippen LogP contribution in [-0.2, 0) is 9.53 Å². The molecule has 0 saturated heterocycles. The van der Waals surface area contributed by atoms with Gasteiger partial charge < -0.3 is 4.74 Å². The molecule has 0 fully saturated rings. The van der Waals surface area contributed by atoms with Gasteiger partial charge in [-0.05, 0) is 26.0 Å². The summed E-state index contributed by atoms with van der Waals surface area (Å²) in [5, 5.41) is 27.5. The number of nitriles is 3. The molecule has 0 aliphatic carbocycles. The van der Waals surface area contributed by atoms with Crippen LogP contribution in [0.1, 0.15) is 20.8 Å². The van der Waals surface area contributed by atoms with Gasteiger partial charge in [0, 0.05) is 5.22 Å². The fraction of sp³-hybridized carbons (Fsp3) is 0.250. The van der Waals surface area contributed by atoms with Gasteiger partial charge in [-0.1, -0.05) is 24.3 Å². The first-order valence-corrected chi connectivity index (χ1v) is 6.10. The summed E-state index contributed by atoms with van der Waals surface area (Å²) in [6, 6.07) is 11.4. The third-order valence-corrected chi connectivity index (χ3v) is 2.40. The molecule has 0 bridgehead atoms. The van der Waals surface area contributed by atoms with Crippen molar-refractivity contribution in [3.8, 4) is 18.2 Å². The normalized spacial score (nSPS) is 9.71. The third kappa shape index (κ3) is 4.20. The van der Waals surface area contributed by atoms with Crippen molar-refractivity contribution in [1.82, 2.24) is 0 Å². The van der Waals surface area contributed by atoms with Crippen LogP contribution in [0.3, 0.4) is 0 Å². The highest BCUT2D eigenvalue weighted by molar-refractivity contribution is 6.15. The summed E-state index contributed by atoms with van der Waals surface area (Å²) in [4.78, 5) is 11.9. The molecule has 0 aromatic heterocycles. The van der Waals surface area contributed by atoms with Gasteiger partial charge in [0.15, 0.2) is 0 Å². The van der Waals surface area contributed by atoms with E-state index in [-0.39, 0.29) is 11.1 Å². The van der Waals surface area contributed by atoms with Crippen molar-refractivity contribution in [3.05, 3.63) is 34.7 Å². The summed E-state index contributed by atoms with van der Waals surface area (Å²) >= 11 is 0. The van der Waals surface area contributed by atoms with Gasteiger partial charge in [-0.15, -0.1) is 0 Å². The van der Waals surface area contributed by atoms with Gasteiger partial charge in [0.25, 0.3) is 0 Å². The van der Waals surface area contributed by atoms with Gasteiger partial charge in [0.05, 0.1) is 0 Å². The van der Waals surface area contributed by atoms with Crippen LogP contribution >= 0.6 is 0 Å². The van der Waals surface area contributed by atoms with Crippen molar-refractivity contribution in [2.75, 3.05) is 0 Å². The maximum Gasteiger partial charge on any atom is 0.350 e. The number of ether oxygens (including phenoxy) is 1. The molecule has 0 heterocycles. The number of hydrogen-bond donors (Lipinski definition) is 0. The monoisotopic (exact) mass is 279 g/mol. The van der Waals surface area contributed by atoms with Crippen molar-refractivity contribution in [1.29, 1.82) is 15.8 Å². The average molecular weight is 279 g/mol. The predicted octanol–water partition coefficient (Wildman–Crippen LogP) is 0.900. The van der Waals surface area contributed by atoms with Crippen LogP contribution in [0.2, 0.25) is 0 Å².